The molecule has 1 unspecified atom stereocenters. The Balaban J connectivity index is 1.84. The Labute approximate surface area is 203 Å². The van der Waals surface area contributed by atoms with Crippen LogP contribution in [-0.2, 0) is 10.1 Å². The number of ether oxygens (including phenoxy) is 1. The van der Waals surface area contributed by atoms with Gasteiger partial charge in [0, 0.05) is 6.07 Å². The normalized spacial score (nSPS) is 16.8. The van der Waals surface area contributed by atoms with Crippen molar-refractivity contribution >= 4 is 22.3 Å². The number of hydrogen-bond acceptors (Lipinski definition) is 5. The van der Waals surface area contributed by atoms with Crippen molar-refractivity contribution in [2.45, 2.75) is 62.7 Å². The summed E-state index contributed by atoms with van der Waals surface area (Å²) >= 11 is 0. The molecule has 13 heteroatoms. The molecular formula is C23H23F6NO5S. The summed E-state index contributed by atoms with van der Waals surface area (Å²) in [5, 5.41) is -6.01. The lowest BCUT2D eigenvalue weighted by Gasteiger charge is -2.23. The van der Waals surface area contributed by atoms with Crippen molar-refractivity contribution in [1.29, 1.82) is 0 Å². The SMILES string of the molecule is Cc1cc(C=Cc2ccc(OC3CCCCC3)cc2)n(OS(=O)(=O)C(F)(F)C(F)C(F)(F)F)c(=O)c1. The van der Waals surface area contributed by atoms with Crippen LogP contribution in [0.2, 0.25) is 0 Å². The summed E-state index contributed by atoms with van der Waals surface area (Å²) in [5.41, 5.74) is -0.837. The highest BCUT2D eigenvalue weighted by molar-refractivity contribution is 7.88. The van der Waals surface area contributed by atoms with Gasteiger partial charge in [0.1, 0.15) is 5.75 Å². The fraction of sp³-hybridized carbons (Fsp3) is 0.435. The molecule has 1 fully saturated rings. The first-order chi connectivity index (χ1) is 16.7. The second-order valence-electron chi connectivity index (χ2n) is 8.37. The van der Waals surface area contributed by atoms with Gasteiger partial charge >= 0.3 is 21.5 Å². The molecule has 1 heterocycles. The van der Waals surface area contributed by atoms with E-state index in [9.17, 15) is 39.6 Å². The van der Waals surface area contributed by atoms with Crippen LogP contribution in [0, 0.1) is 6.92 Å². The van der Waals surface area contributed by atoms with Crippen molar-refractivity contribution in [3.8, 4) is 5.75 Å². The summed E-state index contributed by atoms with van der Waals surface area (Å²) in [6.07, 6.45) is -3.33. The molecule has 3 rings (SSSR count). The first-order valence-corrected chi connectivity index (χ1v) is 12.3. The molecule has 0 amide bonds. The number of aryl methyl sites for hydroxylation is 1. The summed E-state index contributed by atoms with van der Waals surface area (Å²) in [7, 11) is -6.57. The molecule has 0 aliphatic heterocycles. The van der Waals surface area contributed by atoms with E-state index in [-0.39, 0.29) is 22.1 Å². The molecule has 0 radical (unpaired) electrons. The van der Waals surface area contributed by atoms with Crippen LogP contribution in [0.15, 0.2) is 41.2 Å². The van der Waals surface area contributed by atoms with Crippen molar-refractivity contribution in [3.63, 3.8) is 0 Å². The molecule has 6 nitrogen and oxygen atoms in total. The maximum Gasteiger partial charge on any atom is 0.426 e. The highest BCUT2D eigenvalue weighted by Gasteiger charge is 2.66. The number of hydrogen-bond donors (Lipinski definition) is 0. The summed E-state index contributed by atoms with van der Waals surface area (Å²) < 4.78 is 112. The quantitative estimate of drug-likeness (QED) is 0.427. The van der Waals surface area contributed by atoms with Gasteiger partial charge in [-0.2, -0.15) is 30.4 Å². The van der Waals surface area contributed by atoms with Crippen molar-refractivity contribution in [1.82, 2.24) is 4.73 Å². The van der Waals surface area contributed by atoms with Crippen molar-refractivity contribution in [3.05, 3.63) is 63.6 Å². The Bertz CT molecular complexity index is 1250. The third-order valence-electron chi connectivity index (χ3n) is 5.43. The molecule has 0 saturated heterocycles. The van der Waals surface area contributed by atoms with E-state index in [1.807, 2.05) is 0 Å². The van der Waals surface area contributed by atoms with E-state index in [4.69, 9.17) is 4.74 Å². The van der Waals surface area contributed by atoms with E-state index < -0.39 is 33.3 Å². The van der Waals surface area contributed by atoms with Crippen molar-refractivity contribution in [2.24, 2.45) is 0 Å². The molecule has 1 aliphatic carbocycles. The van der Waals surface area contributed by atoms with Gasteiger partial charge in [-0.05, 0) is 68.0 Å². The number of halogens is 6. The minimum absolute atomic E-state index is 0.125. The second-order valence-corrected chi connectivity index (χ2v) is 9.97. The molecule has 0 bridgehead atoms. The van der Waals surface area contributed by atoms with Crippen molar-refractivity contribution < 1.29 is 43.8 Å². The van der Waals surface area contributed by atoms with Crippen LogP contribution < -0.4 is 14.6 Å². The molecule has 1 atom stereocenters. The predicted molar refractivity (Wildman–Crippen MR) is 120 cm³/mol. The Kier molecular flexibility index (Phi) is 8.11. The van der Waals surface area contributed by atoms with E-state index in [0.717, 1.165) is 37.8 Å². The molecule has 198 valence electrons. The van der Waals surface area contributed by atoms with Crippen LogP contribution >= 0.6 is 0 Å². The van der Waals surface area contributed by atoms with Crippen LogP contribution in [0.4, 0.5) is 26.3 Å². The summed E-state index contributed by atoms with van der Waals surface area (Å²) in [4.78, 5) is 12.2. The van der Waals surface area contributed by atoms with Gasteiger partial charge in [0.25, 0.3) is 11.7 Å². The van der Waals surface area contributed by atoms with Gasteiger partial charge in [-0.15, -0.1) is 4.73 Å². The molecule has 1 aromatic heterocycles. The first kappa shape index (κ1) is 27.6. The number of aromatic nitrogens is 1. The standard InChI is InChI=1S/C23H23F6NO5S/c1-15-13-17(10-7-16-8-11-19(12-9-16)34-18-5-3-2-4-6-18)30(20(31)14-15)35-36(32,33)23(28,29)21(24)22(25,26)27/h7-14,18,21H,2-6H2,1H3. The fourth-order valence-corrected chi connectivity index (χ4v) is 4.43. The van der Waals surface area contributed by atoms with E-state index in [2.05, 4.69) is 4.28 Å². The zero-order chi connectivity index (χ0) is 26.7. The molecule has 0 N–H and O–H groups in total. The lowest BCUT2D eigenvalue weighted by molar-refractivity contribution is -0.223. The average molecular weight is 539 g/mol. The lowest BCUT2D eigenvalue weighted by atomic mass is 9.98. The Morgan fingerprint density at radius 3 is 2.19 bits per heavy atom. The van der Waals surface area contributed by atoms with E-state index in [1.54, 1.807) is 24.3 Å². The van der Waals surface area contributed by atoms with E-state index >= 15 is 0 Å². The lowest BCUT2D eigenvalue weighted by Crippen LogP contribution is -2.51. The van der Waals surface area contributed by atoms with Crippen LogP contribution in [0.5, 0.6) is 5.75 Å². The minimum atomic E-state index is -6.57. The molecule has 0 spiro atoms. The largest absolute Gasteiger partial charge is 0.490 e. The van der Waals surface area contributed by atoms with Crippen LogP contribution in [0.1, 0.15) is 48.9 Å². The Morgan fingerprint density at radius 1 is 1.00 bits per heavy atom. The monoisotopic (exact) mass is 539 g/mol. The van der Waals surface area contributed by atoms with Crippen molar-refractivity contribution in [2.75, 3.05) is 0 Å². The van der Waals surface area contributed by atoms with Crippen LogP contribution in [0.25, 0.3) is 12.2 Å². The number of alkyl halides is 6. The number of rotatable bonds is 8. The molecular weight excluding hydrogens is 516 g/mol. The number of pyridine rings is 1. The Hall–Kier alpha value is -2.96. The molecule has 1 saturated carbocycles. The van der Waals surface area contributed by atoms with E-state index in [1.165, 1.54) is 25.5 Å². The smallest absolute Gasteiger partial charge is 0.426 e. The molecule has 1 aliphatic rings. The maximum atomic E-state index is 13.8. The summed E-state index contributed by atoms with van der Waals surface area (Å²) in [5.74, 6) is 0.633. The average Bonchev–Trinajstić information content (AvgIpc) is 2.80. The topological polar surface area (TPSA) is 74.6 Å². The number of nitrogens with zero attached hydrogens (tertiary/aromatic N) is 1. The fourth-order valence-electron chi connectivity index (χ4n) is 3.59. The second kappa shape index (κ2) is 10.6. The van der Waals surface area contributed by atoms with Gasteiger partial charge in [-0.1, -0.05) is 24.6 Å². The van der Waals surface area contributed by atoms with Crippen LogP contribution in [-0.4, -0.2) is 36.9 Å². The third-order valence-corrected chi connectivity index (χ3v) is 6.65. The zero-order valence-electron chi connectivity index (χ0n) is 19.0. The minimum Gasteiger partial charge on any atom is -0.490 e. The maximum absolute atomic E-state index is 13.8. The first-order valence-electron chi connectivity index (χ1n) is 10.9. The highest BCUT2D eigenvalue weighted by Crippen LogP contribution is 2.38. The third kappa shape index (κ3) is 6.42. The van der Waals surface area contributed by atoms with Gasteiger partial charge in [-0.25, -0.2) is 4.39 Å². The Morgan fingerprint density at radius 2 is 1.61 bits per heavy atom. The highest BCUT2D eigenvalue weighted by atomic mass is 32.2. The van der Waals surface area contributed by atoms with Gasteiger partial charge in [0.2, 0.25) is 0 Å². The van der Waals surface area contributed by atoms with E-state index in [0.29, 0.717) is 11.3 Å². The zero-order valence-corrected chi connectivity index (χ0v) is 19.8. The van der Waals surface area contributed by atoms with Gasteiger partial charge in [0.05, 0.1) is 11.8 Å². The molecule has 36 heavy (non-hydrogen) atoms. The summed E-state index contributed by atoms with van der Waals surface area (Å²) in [6.45, 7) is 1.44. The van der Waals surface area contributed by atoms with Gasteiger partial charge in [0.15, 0.2) is 0 Å². The molecule has 2 aromatic rings. The van der Waals surface area contributed by atoms with Gasteiger partial charge < -0.3 is 4.74 Å². The summed E-state index contributed by atoms with van der Waals surface area (Å²) in [6, 6.07) is 8.66. The number of benzene rings is 1. The van der Waals surface area contributed by atoms with Crippen LogP contribution in [0.3, 0.4) is 0 Å². The predicted octanol–water partition coefficient (Wildman–Crippen LogP) is 5.29. The molecule has 1 aromatic carbocycles. The van der Waals surface area contributed by atoms with Gasteiger partial charge in [-0.3, -0.25) is 9.08 Å².